The van der Waals surface area contributed by atoms with E-state index < -0.39 is 8.32 Å². The van der Waals surface area contributed by atoms with Crippen molar-refractivity contribution in [3.63, 3.8) is 0 Å². The number of nitrogens with zero attached hydrogens (tertiary/aromatic N) is 5. The highest BCUT2D eigenvalue weighted by molar-refractivity contribution is 7.99. The maximum absolute atomic E-state index is 14.6. The second-order valence-corrected chi connectivity index (χ2v) is 21.8. The van der Waals surface area contributed by atoms with Crippen molar-refractivity contribution in [1.82, 2.24) is 29.7 Å². The van der Waals surface area contributed by atoms with Gasteiger partial charge in [-0.25, -0.2) is 13.9 Å². The van der Waals surface area contributed by atoms with E-state index in [2.05, 4.69) is 68.5 Å². The zero-order valence-electron chi connectivity index (χ0n) is 30.7. The third-order valence-electron chi connectivity index (χ3n) is 9.45. The molecule has 6 aromatic rings. The first kappa shape index (κ1) is 37.2. The summed E-state index contributed by atoms with van der Waals surface area (Å²) in [5.41, 5.74) is 3.57. The molecule has 0 aliphatic carbocycles. The topological polar surface area (TPSA) is 98.4 Å². The average molecular weight is 754 g/mol. The van der Waals surface area contributed by atoms with E-state index >= 15 is 0 Å². The highest BCUT2D eigenvalue weighted by Crippen LogP contribution is 2.39. The molecule has 270 valence electrons. The molecule has 3 aromatic heterocycles. The van der Waals surface area contributed by atoms with Gasteiger partial charge < -0.3 is 9.74 Å². The molecule has 0 bridgehead atoms. The van der Waals surface area contributed by atoms with Gasteiger partial charge in [0.2, 0.25) is 8.32 Å². The Morgan fingerprint density at radius 2 is 1.67 bits per heavy atom. The predicted molar refractivity (Wildman–Crippen MR) is 213 cm³/mol. The molecule has 3 heterocycles. The maximum atomic E-state index is 14.6. The molecule has 0 saturated carbocycles. The van der Waals surface area contributed by atoms with Gasteiger partial charge in [-0.2, -0.15) is 16.9 Å². The number of halogens is 1. The molecule has 0 spiro atoms. The minimum absolute atomic E-state index is 0.0455. The van der Waals surface area contributed by atoms with E-state index in [0.717, 1.165) is 32.5 Å². The van der Waals surface area contributed by atoms with Crippen LogP contribution >= 0.6 is 23.5 Å². The molecule has 6 rings (SSSR count). The van der Waals surface area contributed by atoms with Crippen molar-refractivity contribution in [3.05, 3.63) is 114 Å². The summed E-state index contributed by atoms with van der Waals surface area (Å²) in [5, 5.41) is 19.6. The Morgan fingerprint density at radius 3 is 2.42 bits per heavy atom. The van der Waals surface area contributed by atoms with E-state index in [1.807, 2.05) is 79.2 Å². The summed E-state index contributed by atoms with van der Waals surface area (Å²) in [5.74, 6) is 1.40. The van der Waals surface area contributed by atoms with Crippen LogP contribution in [0.15, 0.2) is 107 Å². The van der Waals surface area contributed by atoms with Gasteiger partial charge in [0.1, 0.15) is 17.4 Å². The van der Waals surface area contributed by atoms with Crippen LogP contribution in [-0.4, -0.2) is 45.0 Å². The average Bonchev–Trinajstić information content (AvgIpc) is 3.72. The fourth-order valence-electron chi connectivity index (χ4n) is 5.16. The number of urea groups is 1. The Hall–Kier alpha value is -4.59. The summed E-state index contributed by atoms with van der Waals surface area (Å²) < 4.78 is 24.5. The number of carbonyl (C=O) groups is 1. The van der Waals surface area contributed by atoms with Crippen molar-refractivity contribution in [2.45, 2.75) is 73.8 Å². The molecule has 9 nitrogen and oxygen atoms in total. The number of thioether (sulfide) groups is 1. The lowest BCUT2D eigenvalue weighted by molar-refractivity contribution is 0.251. The lowest BCUT2D eigenvalue weighted by Crippen LogP contribution is -2.43. The van der Waals surface area contributed by atoms with Crippen LogP contribution in [0.5, 0.6) is 5.75 Å². The Bertz CT molecular complexity index is 2230. The van der Waals surface area contributed by atoms with Crippen LogP contribution in [0.4, 0.5) is 15.0 Å². The van der Waals surface area contributed by atoms with Gasteiger partial charge in [-0.15, -0.1) is 10.2 Å². The van der Waals surface area contributed by atoms with Gasteiger partial charge in [0.15, 0.2) is 11.5 Å². The molecular weight excluding hydrogens is 710 g/mol. The molecule has 0 radical (unpaired) electrons. The first-order chi connectivity index (χ1) is 24.6. The van der Waals surface area contributed by atoms with E-state index in [-0.39, 0.29) is 28.2 Å². The zero-order valence-corrected chi connectivity index (χ0v) is 33.3. The molecule has 2 N–H and O–H groups in total. The molecule has 52 heavy (non-hydrogen) atoms. The number of hydrogen-bond acceptors (Lipinski definition) is 7. The Morgan fingerprint density at radius 1 is 0.923 bits per heavy atom. The van der Waals surface area contributed by atoms with Gasteiger partial charge in [0.05, 0.1) is 21.7 Å². The van der Waals surface area contributed by atoms with Crippen molar-refractivity contribution < 1.29 is 13.6 Å². The molecule has 0 saturated heterocycles. The van der Waals surface area contributed by atoms with E-state index in [1.165, 1.54) is 6.07 Å². The molecule has 0 aliphatic rings. The summed E-state index contributed by atoms with van der Waals surface area (Å²) in [6.07, 6.45) is 3.95. The molecule has 0 fully saturated rings. The van der Waals surface area contributed by atoms with Crippen molar-refractivity contribution >= 4 is 49.3 Å². The number of hydrogen-bond donors (Lipinski definition) is 2. The van der Waals surface area contributed by atoms with Crippen LogP contribution < -0.4 is 15.1 Å². The largest absolute Gasteiger partial charge is 0.543 e. The second kappa shape index (κ2) is 14.8. The molecule has 0 unspecified atom stereocenters. The van der Waals surface area contributed by atoms with Crippen molar-refractivity contribution in [2.75, 3.05) is 11.6 Å². The van der Waals surface area contributed by atoms with Crippen LogP contribution in [-0.2, 0) is 11.3 Å². The third-order valence-corrected chi connectivity index (χ3v) is 16.1. The van der Waals surface area contributed by atoms with E-state index in [9.17, 15) is 9.18 Å². The number of fused-ring (bicyclic) bond motifs is 1. The first-order valence-corrected chi connectivity index (χ1v) is 22.0. The van der Waals surface area contributed by atoms with Crippen molar-refractivity contribution in [1.29, 1.82) is 0 Å². The number of benzene rings is 3. The predicted octanol–water partition coefficient (Wildman–Crippen LogP) is 10.2. The van der Waals surface area contributed by atoms with Crippen LogP contribution in [0.25, 0.3) is 22.7 Å². The lowest BCUT2D eigenvalue weighted by atomic mass is 10.1. The summed E-state index contributed by atoms with van der Waals surface area (Å²) in [6, 6.07) is 27.7. The third kappa shape index (κ3) is 8.06. The molecular formula is C39H44FN7O2S2Si. The smallest absolute Gasteiger partial charge is 0.320 e. The monoisotopic (exact) mass is 753 g/mol. The molecule has 0 atom stereocenters. The fourth-order valence-corrected chi connectivity index (χ4v) is 7.46. The summed E-state index contributed by atoms with van der Waals surface area (Å²) in [6.45, 7) is 15.6. The highest BCUT2D eigenvalue weighted by Gasteiger charge is 2.39. The van der Waals surface area contributed by atoms with Gasteiger partial charge in [-0.3, -0.25) is 9.72 Å². The SMILES string of the molecule is CSC(C)(C)c1cc(NC(=O)NCc2ccccc2Sc2ccc3nnc(-c4ccccc4F)n3c2)n(-c2cccc(O[Si](C)(C)C(C)(C)C)c2)n1. The Kier molecular flexibility index (Phi) is 10.6. The molecule has 3 aromatic carbocycles. The second-order valence-electron chi connectivity index (χ2n) is 14.5. The van der Waals surface area contributed by atoms with Crippen LogP contribution in [0.1, 0.15) is 45.9 Å². The number of nitrogens with one attached hydrogen (secondary N) is 2. The minimum Gasteiger partial charge on any atom is -0.543 e. The van der Waals surface area contributed by atoms with Crippen molar-refractivity contribution in [3.8, 4) is 22.8 Å². The number of rotatable bonds is 11. The van der Waals surface area contributed by atoms with Gasteiger partial charge in [0.25, 0.3) is 0 Å². The summed E-state index contributed by atoms with van der Waals surface area (Å²) in [4.78, 5) is 15.4. The minimum atomic E-state index is -2.08. The standard InChI is InChI=1S/C39H44FN7O2S2Si/c1-38(2,3)52(7,8)49-28-16-13-15-27(22-28)47-35(23-33(45-47)39(4,5)50-6)42-37(48)41-24-26-14-9-12-19-32(26)51-29-20-21-34-43-44-36(46(34)25-29)30-17-10-11-18-31(30)40/h9-23,25H,24H2,1-8H3,(H2,41,42,48). The van der Waals surface area contributed by atoms with Gasteiger partial charge in [-0.05, 0) is 86.3 Å². The fraction of sp³-hybridized carbons (Fsp3) is 0.282. The van der Waals surface area contributed by atoms with E-state index in [1.54, 1.807) is 50.8 Å². The summed E-state index contributed by atoms with van der Waals surface area (Å²) >= 11 is 3.23. The lowest BCUT2D eigenvalue weighted by Gasteiger charge is -2.36. The van der Waals surface area contributed by atoms with Crippen LogP contribution in [0.2, 0.25) is 18.1 Å². The number of aromatic nitrogens is 5. The van der Waals surface area contributed by atoms with E-state index in [4.69, 9.17) is 9.52 Å². The van der Waals surface area contributed by atoms with Crippen LogP contribution in [0, 0.1) is 5.82 Å². The highest BCUT2D eigenvalue weighted by atomic mass is 32.2. The number of amides is 2. The van der Waals surface area contributed by atoms with Crippen molar-refractivity contribution in [2.24, 2.45) is 0 Å². The van der Waals surface area contributed by atoms with Gasteiger partial charge in [-0.1, -0.05) is 68.9 Å². The zero-order chi connectivity index (χ0) is 37.3. The van der Waals surface area contributed by atoms with E-state index in [0.29, 0.717) is 22.9 Å². The number of carbonyl (C=O) groups excluding carboxylic acids is 1. The number of pyridine rings is 1. The molecule has 13 heteroatoms. The molecule has 2 amide bonds. The quantitative estimate of drug-likeness (QED) is 0.127. The Labute approximate surface area is 313 Å². The molecule has 0 aliphatic heterocycles. The summed E-state index contributed by atoms with van der Waals surface area (Å²) in [7, 11) is -2.08. The van der Waals surface area contributed by atoms with Crippen LogP contribution in [0.3, 0.4) is 0 Å². The first-order valence-electron chi connectivity index (χ1n) is 17.0. The maximum Gasteiger partial charge on any atom is 0.320 e. The normalized spacial score (nSPS) is 12.2. The van der Waals surface area contributed by atoms with Gasteiger partial charge >= 0.3 is 6.03 Å². The van der Waals surface area contributed by atoms with Gasteiger partial charge in [0, 0.05) is 34.7 Å². The Balaban J connectivity index is 1.21. The number of anilines is 1.